The minimum absolute atomic E-state index is 0.142. The van der Waals surface area contributed by atoms with Gasteiger partial charge in [0.1, 0.15) is 5.82 Å². The molecule has 3 rings (SSSR count). The Morgan fingerprint density at radius 1 is 1.15 bits per heavy atom. The van der Waals surface area contributed by atoms with Crippen LogP contribution < -0.4 is 0 Å². The predicted molar refractivity (Wildman–Crippen MR) is 99.5 cm³/mol. The Bertz CT molecular complexity index is 868. The van der Waals surface area contributed by atoms with Crippen molar-refractivity contribution >= 4 is 5.91 Å². The van der Waals surface area contributed by atoms with Gasteiger partial charge in [0.15, 0.2) is 5.82 Å². The summed E-state index contributed by atoms with van der Waals surface area (Å²) in [5, 5.41) is 14.6. The van der Waals surface area contributed by atoms with Crippen molar-refractivity contribution in [3.8, 4) is 11.4 Å². The summed E-state index contributed by atoms with van der Waals surface area (Å²) in [4.78, 5) is 18.5. The molecule has 6 heteroatoms. The molecule has 0 radical (unpaired) electrons. The van der Waals surface area contributed by atoms with Crippen LogP contribution >= 0.6 is 0 Å². The van der Waals surface area contributed by atoms with E-state index in [2.05, 4.69) is 10.1 Å². The number of likely N-dealkylation sites (N-methyl/N-ethyl adjacent to an activating group) is 1. The van der Waals surface area contributed by atoms with Crippen LogP contribution in [0.15, 0.2) is 54.6 Å². The van der Waals surface area contributed by atoms with Crippen LogP contribution in [0.3, 0.4) is 0 Å². The lowest BCUT2D eigenvalue weighted by molar-refractivity contribution is 0.0681. The minimum atomic E-state index is -0.717. The summed E-state index contributed by atoms with van der Waals surface area (Å²) in [7, 11) is 3.53. The fourth-order valence-electron chi connectivity index (χ4n) is 2.69. The van der Waals surface area contributed by atoms with Crippen LogP contribution in [-0.2, 0) is 7.05 Å². The smallest absolute Gasteiger partial charge is 0.253 e. The molecule has 6 nitrogen and oxygen atoms in total. The van der Waals surface area contributed by atoms with Crippen molar-refractivity contribution in [2.24, 2.45) is 7.05 Å². The first-order chi connectivity index (χ1) is 12.5. The molecule has 1 atom stereocenters. The zero-order valence-electron chi connectivity index (χ0n) is 15.1. The van der Waals surface area contributed by atoms with E-state index in [0.717, 1.165) is 17.0 Å². The summed E-state index contributed by atoms with van der Waals surface area (Å²) < 4.78 is 1.72. The summed E-state index contributed by atoms with van der Waals surface area (Å²) in [5.74, 6) is 1.32. The summed E-state index contributed by atoms with van der Waals surface area (Å²) >= 11 is 0. The van der Waals surface area contributed by atoms with Crippen LogP contribution in [0.2, 0.25) is 0 Å². The number of benzene rings is 2. The molecular formula is C20H22N4O2. The number of hydrogen-bond acceptors (Lipinski definition) is 4. The van der Waals surface area contributed by atoms with Crippen LogP contribution in [-0.4, -0.2) is 44.3 Å². The Labute approximate surface area is 152 Å². The van der Waals surface area contributed by atoms with Gasteiger partial charge in [-0.15, -0.1) is 0 Å². The highest BCUT2D eigenvalue weighted by atomic mass is 16.3. The summed E-state index contributed by atoms with van der Waals surface area (Å²) in [5.41, 5.74) is 2.21. The van der Waals surface area contributed by atoms with Crippen molar-refractivity contribution in [3.63, 3.8) is 0 Å². The molecule has 3 aromatic rings. The molecule has 0 aliphatic carbocycles. The lowest BCUT2D eigenvalue weighted by atomic mass is 10.1. The summed E-state index contributed by atoms with van der Waals surface area (Å²) in [6.45, 7) is 2.12. The number of hydrogen-bond donors (Lipinski definition) is 1. The third kappa shape index (κ3) is 3.81. The molecule has 134 valence electrons. The van der Waals surface area contributed by atoms with E-state index in [1.807, 2.05) is 56.4 Å². The van der Waals surface area contributed by atoms with Gasteiger partial charge in [-0.1, -0.05) is 42.5 Å². The molecule has 1 N–H and O–H groups in total. The molecule has 0 saturated heterocycles. The zero-order valence-corrected chi connectivity index (χ0v) is 15.1. The van der Waals surface area contributed by atoms with Crippen molar-refractivity contribution in [1.29, 1.82) is 0 Å². The molecule has 0 bridgehead atoms. The van der Waals surface area contributed by atoms with Crippen LogP contribution in [0, 0.1) is 6.92 Å². The van der Waals surface area contributed by atoms with E-state index in [-0.39, 0.29) is 12.5 Å². The molecule has 0 aliphatic rings. The standard InChI is InChI=1S/C20H22N4O2/c1-14-21-19(22-24(14)3)16-9-11-17(12-10-16)20(26)23(2)13-18(25)15-7-5-4-6-8-15/h4-12,18,25H,13H2,1-3H3/t18-/m1/s1. The first-order valence-electron chi connectivity index (χ1n) is 8.42. The normalized spacial score (nSPS) is 12.0. The van der Waals surface area contributed by atoms with Crippen LogP contribution in [0.25, 0.3) is 11.4 Å². The van der Waals surface area contributed by atoms with Gasteiger partial charge in [-0.2, -0.15) is 5.10 Å². The highest BCUT2D eigenvalue weighted by Gasteiger charge is 2.17. The lowest BCUT2D eigenvalue weighted by Crippen LogP contribution is -2.31. The van der Waals surface area contributed by atoms with E-state index in [1.54, 1.807) is 23.9 Å². The summed E-state index contributed by atoms with van der Waals surface area (Å²) in [6.07, 6.45) is -0.717. The Morgan fingerprint density at radius 3 is 2.38 bits per heavy atom. The Hall–Kier alpha value is -2.99. The number of aromatic nitrogens is 3. The number of aryl methyl sites for hydroxylation is 2. The average Bonchev–Trinajstić information content (AvgIpc) is 3.00. The van der Waals surface area contributed by atoms with E-state index in [0.29, 0.717) is 11.4 Å². The second-order valence-corrected chi connectivity index (χ2v) is 6.30. The topological polar surface area (TPSA) is 71.2 Å². The Morgan fingerprint density at radius 2 is 1.81 bits per heavy atom. The lowest BCUT2D eigenvalue weighted by Gasteiger charge is -2.21. The first-order valence-corrected chi connectivity index (χ1v) is 8.42. The van der Waals surface area contributed by atoms with Crippen LogP contribution in [0.5, 0.6) is 0 Å². The van der Waals surface area contributed by atoms with Crippen LogP contribution in [0.1, 0.15) is 27.8 Å². The number of aliphatic hydroxyl groups excluding tert-OH is 1. The highest BCUT2D eigenvalue weighted by molar-refractivity contribution is 5.94. The fraction of sp³-hybridized carbons (Fsp3) is 0.250. The van der Waals surface area contributed by atoms with E-state index in [9.17, 15) is 9.90 Å². The quantitative estimate of drug-likeness (QED) is 0.768. The van der Waals surface area contributed by atoms with Crippen molar-refractivity contribution in [2.75, 3.05) is 13.6 Å². The van der Waals surface area contributed by atoms with Crippen molar-refractivity contribution in [1.82, 2.24) is 19.7 Å². The molecular weight excluding hydrogens is 328 g/mol. The second-order valence-electron chi connectivity index (χ2n) is 6.30. The third-order valence-electron chi connectivity index (χ3n) is 4.35. The Kier molecular flexibility index (Phi) is 5.14. The van der Waals surface area contributed by atoms with Gasteiger partial charge in [0.05, 0.1) is 12.6 Å². The monoisotopic (exact) mass is 350 g/mol. The van der Waals surface area contributed by atoms with Gasteiger partial charge in [0, 0.05) is 25.2 Å². The van der Waals surface area contributed by atoms with Gasteiger partial charge >= 0.3 is 0 Å². The average molecular weight is 350 g/mol. The molecule has 0 unspecified atom stereocenters. The van der Waals surface area contributed by atoms with E-state index in [4.69, 9.17) is 0 Å². The first kappa shape index (κ1) is 17.8. The molecule has 0 spiro atoms. The summed E-state index contributed by atoms with van der Waals surface area (Å²) in [6, 6.07) is 16.5. The number of rotatable bonds is 5. The van der Waals surface area contributed by atoms with Gasteiger partial charge < -0.3 is 10.0 Å². The molecule has 26 heavy (non-hydrogen) atoms. The van der Waals surface area contributed by atoms with Gasteiger partial charge in [-0.25, -0.2) is 4.98 Å². The SMILES string of the molecule is Cc1nc(-c2ccc(C(=O)N(C)C[C@@H](O)c3ccccc3)cc2)nn1C. The molecule has 0 saturated carbocycles. The van der Waals surface area contributed by atoms with Gasteiger partial charge in [0.2, 0.25) is 0 Å². The molecule has 2 aromatic carbocycles. The van der Waals surface area contributed by atoms with Gasteiger partial charge in [-0.3, -0.25) is 9.48 Å². The number of amides is 1. The molecule has 1 heterocycles. The van der Waals surface area contributed by atoms with Crippen molar-refractivity contribution < 1.29 is 9.90 Å². The van der Waals surface area contributed by atoms with Gasteiger partial charge in [-0.05, 0) is 24.6 Å². The molecule has 0 fully saturated rings. The predicted octanol–water partition coefficient (Wildman–Crippen LogP) is 2.60. The number of carbonyl (C=O) groups is 1. The maximum atomic E-state index is 12.6. The maximum absolute atomic E-state index is 12.6. The zero-order chi connectivity index (χ0) is 18.7. The minimum Gasteiger partial charge on any atom is -0.387 e. The fourth-order valence-corrected chi connectivity index (χ4v) is 2.69. The maximum Gasteiger partial charge on any atom is 0.253 e. The molecule has 1 aromatic heterocycles. The van der Waals surface area contributed by atoms with Crippen molar-refractivity contribution in [2.45, 2.75) is 13.0 Å². The van der Waals surface area contributed by atoms with Gasteiger partial charge in [0.25, 0.3) is 5.91 Å². The van der Waals surface area contributed by atoms with E-state index in [1.165, 1.54) is 4.90 Å². The third-order valence-corrected chi connectivity index (χ3v) is 4.35. The van der Waals surface area contributed by atoms with Crippen molar-refractivity contribution in [3.05, 3.63) is 71.5 Å². The van der Waals surface area contributed by atoms with E-state index < -0.39 is 6.10 Å². The van der Waals surface area contributed by atoms with E-state index >= 15 is 0 Å². The number of carbonyl (C=O) groups excluding carboxylic acids is 1. The molecule has 1 amide bonds. The number of nitrogens with zero attached hydrogens (tertiary/aromatic N) is 4. The number of aliphatic hydroxyl groups is 1. The Balaban J connectivity index is 1.69. The largest absolute Gasteiger partial charge is 0.387 e. The second kappa shape index (κ2) is 7.49. The highest BCUT2D eigenvalue weighted by Crippen LogP contribution is 2.18. The van der Waals surface area contributed by atoms with Crippen LogP contribution in [0.4, 0.5) is 0 Å². The molecule has 0 aliphatic heterocycles.